The summed E-state index contributed by atoms with van der Waals surface area (Å²) >= 11 is 0. The Morgan fingerprint density at radius 1 is 1.35 bits per heavy atom. The fourth-order valence-electron chi connectivity index (χ4n) is 0.941. The van der Waals surface area contributed by atoms with E-state index in [1.807, 2.05) is 0 Å². The van der Waals surface area contributed by atoms with Crippen LogP contribution in [0.4, 0.5) is 0 Å². The smallest absolute Gasteiger partial charge is 0.548 e. The molecule has 0 saturated carbocycles. The van der Waals surface area contributed by atoms with Crippen LogP contribution < -0.4 is 57.2 Å². The monoisotopic (exact) mass is 253 g/mol. The normalized spacial score (nSPS) is 10.9. The maximum atomic E-state index is 11.2. The van der Waals surface area contributed by atoms with Crippen molar-refractivity contribution in [2.45, 2.75) is 18.9 Å². The van der Waals surface area contributed by atoms with Crippen molar-refractivity contribution in [1.29, 1.82) is 0 Å². The van der Waals surface area contributed by atoms with E-state index in [-0.39, 0.29) is 35.5 Å². The molecule has 0 fully saturated rings. The van der Waals surface area contributed by atoms with Gasteiger partial charge in [-0.3, -0.25) is 9.79 Å². The van der Waals surface area contributed by atoms with Gasteiger partial charge in [0.2, 0.25) is 5.91 Å². The number of aliphatic imine (C=N–C) groups is 1. The fraction of sp³-hybridized carbons (Fsp3) is 0.625. The largest absolute Gasteiger partial charge is 1.00 e. The molecule has 0 aliphatic heterocycles. The van der Waals surface area contributed by atoms with Crippen LogP contribution in [-0.4, -0.2) is 37.0 Å². The zero-order valence-electron chi connectivity index (χ0n) is 9.81. The van der Waals surface area contributed by atoms with Crippen molar-refractivity contribution in [2.24, 2.45) is 22.2 Å². The van der Waals surface area contributed by atoms with Gasteiger partial charge >= 0.3 is 29.6 Å². The van der Waals surface area contributed by atoms with Gasteiger partial charge in [-0.25, -0.2) is 0 Å². The van der Waals surface area contributed by atoms with Gasteiger partial charge in [0.05, 0.1) is 18.6 Å². The maximum absolute atomic E-state index is 11.2. The van der Waals surface area contributed by atoms with Gasteiger partial charge in [-0.15, -0.1) is 0 Å². The number of aliphatic carboxylic acids is 1. The molecule has 0 aromatic heterocycles. The molecule has 0 rings (SSSR count). The minimum absolute atomic E-state index is 0. The second-order valence-electron chi connectivity index (χ2n) is 3.15. The number of carboxylic acid groups (broad SMARTS) is 1. The molecule has 0 spiro atoms. The topological polar surface area (TPSA) is 160 Å². The molecule has 0 aliphatic carbocycles. The second-order valence-corrected chi connectivity index (χ2v) is 3.15. The van der Waals surface area contributed by atoms with Gasteiger partial charge in [0.25, 0.3) is 0 Å². The SMILES string of the molecule is NC(N)=NCCC[C@H](N)C(=O)NCC(=O)[O-].[Na+]. The average Bonchev–Trinajstić information content (AvgIpc) is 2.20. The van der Waals surface area contributed by atoms with E-state index >= 15 is 0 Å². The summed E-state index contributed by atoms with van der Waals surface area (Å²) in [4.78, 5) is 24.9. The third-order valence-corrected chi connectivity index (χ3v) is 1.71. The summed E-state index contributed by atoms with van der Waals surface area (Å²) in [7, 11) is 0. The van der Waals surface area contributed by atoms with Gasteiger partial charge in [0.1, 0.15) is 0 Å². The summed E-state index contributed by atoms with van der Waals surface area (Å²) < 4.78 is 0. The van der Waals surface area contributed by atoms with Crippen molar-refractivity contribution in [3.63, 3.8) is 0 Å². The number of amides is 1. The Labute approximate surface area is 121 Å². The molecule has 0 heterocycles. The van der Waals surface area contributed by atoms with E-state index in [1.54, 1.807) is 0 Å². The summed E-state index contributed by atoms with van der Waals surface area (Å²) in [6, 6.07) is -0.770. The Bertz CT molecular complexity index is 280. The van der Waals surface area contributed by atoms with E-state index in [0.29, 0.717) is 19.4 Å². The summed E-state index contributed by atoms with van der Waals surface area (Å²) in [5, 5.41) is 12.2. The van der Waals surface area contributed by atoms with Crippen molar-refractivity contribution < 1.29 is 44.3 Å². The number of nitrogens with zero attached hydrogens (tertiary/aromatic N) is 1. The van der Waals surface area contributed by atoms with Crippen molar-refractivity contribution in [1.82, 2.24) is 5.32 Å². The van der Waals surface area contributed by atoms with Crippen molar-refractivity contribution in [2.75, 3.05) is 13.1 Å². The molecule has 0 radical (unpaired) electrons. The molecule has 0 aromatic rings. The van der Waals surface area contributed by atoms with E-state index in [0.717, 1.165) is 0 Å². The molecule has 0 bridgehead atoms. The van der Waals surface area contributed by atoms with Gasteiger partial charge in [-0.2, -0.15) is 0 Å². The zero-order valence-corrected chi connectivity index (χ0v) is 11.8. The number of carbonyl (C=O) groups excluding carboxylic acids is 2. The van der Waals surface area contributed by atoms with Gasteiger partial charge in [-0.1, -0.05) is 0 Å². The third kappa shape index (κ3) is 11.4. The molecular formula is C8H16N5NaO3. The molecule has 8 nitrogen and oxygen atoms in total. The molecule has 9 heteroatoms. The van der Waals surface area contributed by atoms with E-state index in [4.69, 9.17) is 17.2 Å². The minimum Gasteiger partial charge on any atom is -0.548 e. The van der Waals surface area contributed by atoms with Crippen LogP contribution in [0.3, 0.4) is 0 Å². The molecule has 92 valence electrons. The Hall–Kier alpha value is -0.830. The van der Waals surface area contributed by atoms with Crippen molar-refractivity contribution >= 4 is 17.8 Å². The molecule has 0 saturated heterocycles. The van der Waals surface area contributed by atoms with Gasteiger partial charge in [-0.05, 0) is 12.8 Å². The van der Waals surface area contributed by atoms with E-state index in [1.165, 1.54) is 0 Å². The van der Waals surface area contributed by atoms with Crippen molar-refractivity contribution in [3.8, 4) is 0 Å². The molecule has 17 heavy (non-hydrogen) atoms. The van der Waals surface area contributed by atoms with Crippen LogP contribution in [0.2, 0.25) is 0 Å². The van der Waals surface area contributed by atoms with Gasteiger partial charge < -0.3 is 32.4 Å². The predicted molar refractivity (Wildman–Crippen MR) is 55.9 cm³/mol. The summed E-state index contributed by atoms with van der Waals surface area (Å²) in [5.41, 5.74) is 15.7. The van der Waals surface area contributed by atoms with E-state index in [9.17, 15) is 14.7 Å². The Kier molecular flexibility index (Phi) is 11.3. The standard InChI is InChI=1S/C8H17N5O3.Na/c9-5(2-1-3-12-8(10)11)7(16)13-4-6(14)15;/h5H,1-4,9H2,(H,13,16)(H,14,15)(H4,10,11,12);/q;+1/p-1/t5-;/m0./s1. The molecule has 0 aromatic carbocycles. The first kappa shape index (κ1) is 18.5. The summed E-state index contributed by atoms with van der Waals surface area (Å²) in [6.45, 7) is -0.162. The van der Waals surface area contributed by atoms with Gasteiger partial charge in [0, 0.05) is 6.54 Å². The van der Waals surface area contributed by atoms with Crippen LogP contribution in [0.15, 0.2) is 4.99 Å². The molecule has 1 amide bonds. The first-order chi connectivity index (χ1) is 7.43. The minimum atomic E-state index is -1.36. The zero-order chi connectivity index (χ0) is 12.6. The first-order valence-corrected chi connectivity index (χ1v) is 4.72. The molecule has 7 N–H and O–H groups in total. The number of nitrogens with one attached hydrogen (secondary N) is 1. The Morgan fingerprint density at radius 3 is 2.41 bits per heavy atom. The maximum Gasteiger partial charge on any atom is 1.00 e. The molecule has 1 atom stereocenters. The van der Waals surface area contributed by atoms with E-state index < -0.39 is 24.5 Å². The molecular weight excluding hydrogens is 237 g/mol. The average molecular weight is 253 g/mol. The van der Waals surface area contributed by atoms with Crippen molar-refractivity contribution in [3.05, 3.63) is 0 Å². The van der Waals surface area contributed by atoms with E-state index in [2.05, 4.69) is 10.3 Å². The number of hydrogen-bond donors (Lipinski definition) is 4. The number of guanidine groups is 1. The Morgan fingerprint density at radius 2 is 1.94 bits per heavy atom. The number of hydrogen-bond acceptors (Lipinski definition) is 5. The van der Waals surface area contributed by atoms with Crippen LogP contribution in [0, 0.1) is 0 Å². The second kappa shape index (κ2) is 10.3. The number of carboxylic acids is 1. The van der Waals surface area contributed by atoms with Crippen LogP contribution in [0.25, 0.3) is 0 Å². The van der Waals surface area contributed by atoms with Crippen LogP contribution in [-0.2, 0) is 9.59 Å². The number of carbonyl (C=O) groups is 2. The summed E-state index contributed by atoms with van der Waals surface area (Å²) in [6.07, 6.45) is 0.910. The van der Waals surface area contributed by atoms with Crippen LogP contribution >= 0.6 is 0 Å². The molecule has 0 aliphatic rings. The third-order valence-electron chi connectivity index (χ3n) is 1.71. The molecule has 0 unspecified atom stereocenters. The first-order valence-electron chi connectivity index (χ1n) is 4.72. The predicted octanol–water partition coefficient (Wildman–Crippen LogP) is -6.76. The number of rotatable bonds is 7. The van der Waals surface area contributed by atoms with Gasteiger partial charge in [0.15, 0.2) is 5.96 Å². The van der Waals surface area contributed by atoms with Crippen LogP contribution in [0.1, 0.15) is 12.8 Å². The Balaban J connectivity index is 0. The van der Waals surface area contributed by atoms with Crippen LogP contribution in [0.5, 0.6) is 0 Å². The quantitative estimate of drug-likeness (QED) is 0.153. The summed E-state index contributed by atoms with van der Waals surface area (Å²) in [5.74, 6) is -1.91. The number of nitrogens with two attached hydrogens (primary N) is 3. The fourth-order valence-corrected chi connectivity index (χ4v) is 0.941.